The summed E-state index contributed by atoms with van der Waals surface area (Å²) in [5.41, 5.74) is 4.28. The molecule has 0 aromatic carbocycles. The van der Waals surface area contributed by atoms with Gasteiger partial charge in [0.25, 0.3) is 0 Å². The van der Waals surface area contributed by atoms with Gasteiger partial charge in [-0.15, -0.1) is 0 Å². The Morgan fingerprint density at radius 2 is 2.22 bits per heavy atom. The Hall–Kier alpha value is -1.79. The molecule has 1 aliphatic rings. The Morgan fingerprint density at radius 1 is 1.52 bits per heavy atom. The van der Waals surface area contributed by atoms with Crippen LogP contribution in [0.15, 0.2) is 18.2 Å². The molecule has 1 fully saturated rings. The van der Waals surface area contributed by atoms with Crippen LogP contribution in [0.2, 0.25) is 0 Å². The number of halogens is 3. The third-order valence-electron chi connectivity index (χ3n) is 3.31. The van der Waals surface area contributed by atoms with Gasteiger partial charge >= 0.3 is 6.18 Å². The molecule has 0 radical (unpaired) electrons. The number of hydrogen-bond donors (Lipinski definition) is 2. The van der Waals surface area contributed by atoms with Crippen molar-refractivity contribution in [1.29, 1.82) is 5.26 Å². The predicted octanol–water partition coefficient (Wildman–Crippen LogP) is 1.83. The van der Waals surface area contributed by atoms with Crippen LogP contribution in [0.1, 0.15) is 24.2 Å². The molecule has 0 spiro atoms. The van der Waals surface area contributed by atoms with Crippen LogP contribution in [0.4, 0.5) is 13.2 Å². The third kappa shape index (κ3) is 4.84. The van der Waals surface area contributed by atoms with Crippen molar-refractivity contribution in [2.24, 2.45) is 5.73 Å². The first-order chi connectivity index (χ1) is 10.8. The van der Waals surface area contributed by atoms with Crippen molar-refractivity contribution in [3.05, 3.63) is 29.6 Å². The van der Waals surface area contributed by atoms with Gasteiger partial charge in [-0.25, -0.2) is 4.98 Å². The minimum Gasteiger partial charge on any atom is -0.336 e. The average Bonchev–Trinajstić information content (AvgIpc) is 3.26. The normalized spacial score (nSPS) is 17.2. The van der Waals surface area contributed by atoms with Gasteiger partial charge in [0.2, 0.25) is 5.91 Å². The summed E-state index contributed by atoms with van der Waals surface area (Å²) in [5, 5.41) is 11.5. The Labute approximate surface area is 135 Å². The van der Waals surface area contributed by atoms with Crippen molar-refractivity contribution in [2.75, 3.05) is 5.75 Å². The maximum atomic E-state index is 12.6. The van der Waals surface area contributed by atoms with E-state index < -0.39 is 29.4 Å². The zero-order valence-corrected chi connectivity index (χ0v) is 12.9. The van der Waals surface area contributed by atoms with E-state index in [2.05, 4.69) is 10.3 Å². The topological polar surface area (TPSA) is 91.8 Å². The molecule has 0 aliphatic heterocycles. The first-order valence-electron chi connectivity index (χ1n) is 6.85. The zero-order chi connectivity index (χ0) is 17.1. The molecule has 23 heavy (non-hydrogen) atoms. The fourth-order valence-electron chi connectivity index (χ4n) is 1.80. The summed E-state index contributed by atoms with van der Waals surface area (Å²) in [5.74, 6) is 0.0214. The van der Waals surface area contributed by atoms with Crippen molar-refractivity contribution in [2.45, 2.75) is 36.4 Å². The molecule has 1 heterocycles. The largest absolute Gasteiger partial charge is 0.433 e. The lowest BCUT2D eigenvalue weighted by molar-refractivity contribution is -0.141. The summed E-state index contributed by atoms with van der Waals surface area (Å²) >= 11 is 1.22. The highest BCUT2D eigenvalue weighted by atomic mass is 32.2. The number of thioether (sulfide) groups is 1. The summed E-state index contributed by atoms with van der Waals surface area (Å²) in [6.07, 6.45) is -3.25. The molecule has 0 bridgehead atoms. The van der Waals surface area contributed by atoms with Gasteiger partial charge in [-0.3, -0.25) is 4.79 Å². The lowest BCUT2D eigenvalue weighted by Gasteiger charge is -2.14. The summed E-state index contributed by atoms with van der Waals surface area (Å²) < 4.78 is 37.7. The standard InChI is InChI=1S/C14H15F3N4OS/c15-14(16,17)11-3-1-2-9(20-11)6-23-7-10(19)12(22)21-13(8-18)4-5-13/h1-3,10H,4-7,19H2,(H,21,22)/t10-/m0/s1. The maximum absolute atomic E-state index is 12.6. The molecule has 9 heteroatoms. The van der Waals surface area contributed by atoms with Crippen molar-refractivity contribution in [1.82, 2.24) is 10.3 Å². The number of carbonyl (C=O) groups is 1. The van der Waals surface area contributed by atoms with Gasteiger partial charge in [0, 0.05) is 11.5 Å². The molecule has 1 amide bonds. The summed E-state index contributed by atoms with van der Waals surface area (Å²) in [7, 11) is 0. The number of amides is 1. The molecular formula is C14H15F3N4OS. The molecule has 1 aromatic heterocycles. The first-order valence-corrected chi connectivity index (χ1v) is 8.01. The van der Waals surface area contributed by atoms with Crippen molar-refractivity contribution in [3.63, 3.8) is 0 Å². The maximum Gasteiger partial charge on any atom is 0.433 e. The van der Waals surface area contributed by atoms with Gasteiger partial charge in [-0.1, -0.05) is 6.07 Å². The molecule has 124 valence electrons. The van der Waals surface area contributed by atoms with Crippen LogP contribution < -0.4 is 11.1 Å². The quantitative estimate of drug-likeness (QED) is 0.821. The van der Waals surface area contributed by atoms with Gasteiger partial charge in [0.05, 0.1) is 17.8 Å². The Kier molecular flexibility index (Phi) is 5.16. The molecule has 3 N–H and O–H groups in total. The van der Waals surface area contributed by atoms with E-state index in [1.54, 1.807) is 0 Å². The SMILES string of the molecule is N#CC1(NC(=O)[C@@H](N)CSCc2cccc(C(F)(F)F)n2)CC1. The molecule has 5 nitrogen and oxygen atoms in total. The summed E-state index contributed by atoms with van der Waals surface area (Å²) in [6.45, 7) is 0. The van der Waals surface area contributed by atoms with Crippen LogP contribution >= 0.6 is 11.8 Å². The molecule has 1 saturated carbocycles. The van der Waals surface area contributed by atoms with E-state index in [-0.39, 0.29) is 17.2 Å². The second-order valence-electron chi connectivity index (χ2n) is 5.32. The van der Waals surface area contributed by atoms with Gasteiger partial charge < -0.3 is 11.1 Å². The fourth-order valence-corrected chi connectivity index (χ4v) is 2.70. The van der Waals surface area contributed by atoms with Crippen LogP contribution in [0.5, 0.6) is 0 Å². The number of pyridine rings is 1. The highest BCUT2D eigenvalue weighted by Gasteiger charge is 2.45. The van der Waals surface area contributed by atoms with Gasteiger partial charge in [0.15, 0.2) is 0 Å². The number of carbonyl (C=O) groups excluding carboxylic acids is 1. The van der Waals surface area contributed by atoms with Crippen LogP contribution in [-0.2, 0) is 16.7 Å². The smallest absolute Gasteiger partial charge is 0.336 e. The molecular weight excluding hydrogens is 329 g/mol. The molecule has 2 rings (SSSR count). The van der Waals surface area contributed by atoms with Crippen molar-refractivity contribution >= 4 is 17.7 Å². The third-order valence-corrected chi connectivity index (χ3v) is 4.40. The van der Waals surface area contributed by atoms with E-state index in [1.165, 1.54) is 23.9 Å². The highest BCUT2D eigenvalue weighted by molar-refractivity contribution is 7.98. The lowest BCUT2D eigenvalue weighted by Crippen LogP contribution is -2.47. The minimum absolute atomic E-state index is 0.217. The number of hydrogen-bond acceptors (Lipinski definition) is 5. The predicted molar refractivity (Wildman–Crippen MR) is 79.1 cm³/mol. The minimum atomic E-state index is -4.48. The number of nitrogens with two attached hydrogens (primary N) is 1. The second-order valence-corrected chi connectivity index (χ2v) is 6.35. The number of nitrogens with zero attached hydrogens (tertiary/aromatic N) is 2. The Balaban J connectivity index is 1.81. The van der Waals surface area contributed by atoms with E-state index in [1.807, 2.05) is 6.07 Å². The molecule has 0 unspecified atom stereocenters. The van der Waals surface area contributed by atoms with E-state index in [0.717, 1.165) is 6.07 Å². The Bertz CT molecular complexity index is 625. The molecule has 0 saturated heterocycles. The van der Waals surface area contributed by atoms with Crippen LogP contribution in [0.3, 0.4) is 0 Å². The summed E-state index contributed by atoms with van der Waals surface area (Å²) in [4.78, 5) is 15.4. The average molecular weight is 344 g/mol. The first kappa shape index (κ1) is 17.6. The van der Waals surface area contributed by atoms with Crippen LogP contribution in [0, 0.1) is 11.3 Å². The second kappa shape index (κ2) is 6.76. The van der Waals surface area contributed by atoms with Crippen LogP contribution in [-0.4, -0.2) is 28.2 Å². The van der Waals surface area contributed by atoms with E-state index >= 15 is 0 Å². The number of alkyl halides is 3. The van der Waals surface area contributed by atoms with Crippen molar-refractivity contribution in [3.8, 4) is 6.07 Å². The molecule has 1 atom stereocenters. The van der Waals surface area contributed by atoms with E-state index in [4.69, 9.17) is 11.0 Å². The number of nitriles is 1. The zero-order valence-electron chi connectivity index (χ0n) is 12.1. The monoisotopic (exact) mass is 344 g/mol. The van der Waals surface area contributed by atoms with Gasteiger partial charge in [0.1, 0.15) is 11.2 Å². The molecule has 1 aliphatic carbocycles. The van der Waals surface area contributed by atoms with Crippen LogP contribution in [0.25, 0.3) is 0 Å². The fraction of sp³-hybridized carbons (Fsp3) is 0.500. The van der Waals surface area contributed by atoms with E-state index in [9.17, 15) is 18.0 Å². The van der Waals surface area contributed by atoms with Gasteiger partial charge in [-0.2, -0.15) is 30.2 Å². The number of aromatic nitrogens is 1. The summed E-state index contributed by atoms with van der Waals surface area (Å²) in [6, 6.07) is 4.90. The highest BCUT2D eigenvalue weighted by Crippen LogP contribution is 2.34. The molecule has 1 aromatic rings. The number of nitrogens with one attached hydrogen (secondary N) is 1. The van der Waals surface area contributed by atoms with Crippen molar-refractivity contribution < 1.29 is 18.0 Å². The lowest BCUT2D eigenvalue weighted by atomic mass is 10.2. The Morgan fingerprint density at radius 3 is 2.78 bits per heavy atom. The number of rotatable bonds is 6. The van der Waals surface area contributed by atoms with E-state index in [0.29, 0.717) is 12.8 Å². The van der Waals surface area contributed by atoms with Gasteiger partial charge in [-0.05, 0) is 25.0 Å².